The molecule has 116 valence electrons. The van der Waals surface area contributed by atoms with Crippen LogP contribution in [-0.2, 0) is 9.59 Å². The lowest BCUT2D eigenvalue weighted by atomic mass is 9.92. The van der Waals surface area contributed by atoms with Gasteiger partial charge in [0.15, 0.2) is 6.61 Å². The standard InChI is InChI=1S/C16H24N2O3/c1-11-6-7-12(2)13(8-11)21-10-15(20)18-17-14(19)9-16(3,4)5/h6-8H,9-10H2,1-5H3,(H,17,19)(H,18,20). The first-order valence-corrected chi connectivity index (χ1v) is 6.95. The van der Waals surface area contributed by atoms with E-state index in [1.165, 1.54) is 0 Å². The first-order valence-electron chi connectivity index (χ1n) is 6.95. The molecule has 0 atom stereocenters. The van der Waals surface area contributed by atoms with Gasteiger partial charge in [-0.1, -0.05) is 32.9 Å². The fourth-order valence-electron chi connectivity index (χ4n) is 1.71. The smallest absolute Gasteiger partial charge is 0.276 e. The van der Waals surface area contributed by atoms with Crippen LogP contribution in [0.1, 0.15) is 38.3 Å². The molecule has 0 radical (unpaired) electrons. The Balaban J connectivity index is 2.38. The number of carbonyl (C=O) groups excluding carboxylic acids is 2. The van der Waals surface area contributed by atoms with Gasteiger partial charge in [-0.15, -0.1) is 0 Å². The zero-order valence-electron chi connectivity index (χ0n) is 13.4. The van der Waals surface area contributed by atoms with E-state index in [1.807, 2.05) is 52.8 Å². The third-order valence-corrected chi connectivity index (χ3v) is 2.73. The number of hydrogen-bond acceptors (Lipinski definition) is 3. The monoisotopic (exact) mass is 292 g/mol. The van der Waals surface area contributed by atoms with Crippen LogP contribution in [0, 0.1) is 19.3 Å². The molecule has 1 aromatic rings. The highest BCUT2D eigenvalue weighted by Crippen LogP contribution is 2.19. The molecule has 0 fully saturated rings. The second-order valence-electron chi connectivity index (χ2n) is 6.39. The van der Waals surface area contributed by atoms with Crippen LogP contribution in [0.2, 0.25) is 0 Å². The molecule has 0 heterocycles. The average molecular weight is 292 g/mol. The summed E-state index contributed by atoms with van der Waals surface area (Å²) in [6, 6.07) is 5.80. The van der Waals surface area contributed by atoms with E-state index in [0.29, 0.717) is 12.2 Å². The van der Waals surface area contributed by atoms with Crippen molar-refractivity contribution >= 4 is 11.8 Å². The second-order valence-corrected chi connectivity index (χ2v) is 6.39. The van der Waals surface area contributed by atoms with E-state index >= 15 is 0 Å². The first-order chi connectivity index (χ1) is 9.67. The number of rotatable bonds is 4. The summed E-state index contributed by atoms with van der Waals surface area (Å²) < 4.78 is 5.45. The Hall–Kier alpha value is -2.04. The van der Waals surface area contributed by atoms with E-state index in [1.54, 1.807) is 0 Å². The summed E-state index contributed by atoms with van der Waals surface area (Å²) in [5.74, 6) is 0.0620. The molecule has 1 rings (SSSR count). The zero-order valence-corrected chi connectivity index (χ0v) is 13.4. The summed E-state index contributed by atoms with van der Waals surface area (Å²) in [6.07, 6.45) is 0.338. The lowest BCUT2D eigenvalue weighted by molar-refractivity contribution is -0.130. The maximum absolute atomic E-state index is 11.6. The topological polar surface area (TPSA) is 67.4 Å². The number of carbonyl (C=O) groups is 2. The van der Waals surface area contributed by atoms with Crippen LogP contribution in [0.15, 0.2) is 18.2 Å². The maximum Gasteiger partial charge on any atom is 0.276 e. The number of benzene rings is 1. The van der Waals surface area contributed by atoms with Gasteiger partial charge in [0.25, 0.3) is 5.91 Å². The van der Waals surface area contributed by atoms with Crippen molar-refractivity contribution in [3.05, 3.63) is 29.3 Å². The third-order valence-electron chi connectivity index (χ3n) is 2.73. The summed E-state index contributed by atoms with van der Waals surface area (Å²) >= 11 is 0. The number of amides is 2. The second kappa shape index (κ2) is 7.11. The van der Waals surface area contributed by atoms with Gasteiger partial charge in [0.05, 0.1) is 0 Å². The van der Waals surface area contributed by atoms with Crippen molar-refractivity contribution < 1.29 is 14.3 Å². The van der Waals surface area contributed by atoms with Gasteiger partial charge in [-0.2, -0.15) is 0 Å². The molecule has 0 aliphatic carbocycles. The average Bonchev–Trinajstić information content (AvgIpc) is 2.35. The summed E-state index contributed by atoms with van der Waals surface area (Å²) in [5.41, 5.74) is 6.64. The van der Waals surface area contributed by atoms with Crippen LogP contribution in [-0.4, -0.2) is 18.4 Å². The molecule has 5 heteroatoms. The van der Waals surface area contributed by atoms with Crippen molar-refractivity contribution in [2.24, 2.45) is 5.41 Å². The molecule has 0 saturated heterocycles. The number of aryl methyl sites for hydroxylation is 2. The molecule has 0 bridgehead atoms. The van der Waals surface area contributed by atoms with Gasteiger partial charge in [0, 0.05) is 6.42 Å². The van der Waals surface area contributed by atoms with Crippen LogP contribution < -0.4 is 15.6 Å². The molecule has 0 unspecified atom stereocenters. The van der Waals surface area contributed by atoms with Crippen molar-refractivity contribution in [2.75, 3.05) is 6.61 Å². The molecule has 0 saturated carbocycles. The molecule has 0 aliphatic heterocycles. The van der Waals surface area contributed by atoms with Crippen LogP contribution >= 0.6 is 0 Å². The van der Waals surface area contributed by atoms with Gasteiger partial charge < -0.3 is 4.74 Å². The van der Waals surface area contributed by atoms with E-state index in [-0.39, 0.29) is 17.9 Å². The highest BCUT2D eigenvalue weighted by Gasteiger charge is 2.16. The lowest BCUT2D eigenvalue weighted by Gasteiger charge is -2.17. The maximum atomic E-state index is 11.6. The largest absolute Gasteiger partial charge is 0.483 e. The fraction of sp³-hybridized carbons (Fsp3) is 0.500. The quantitative estimate of drug-likeness (QED) is 0.837. The van der Waals surface area contributed by atoms with Crippen molar-refractivity contribution in [2.45, 2.75) is 41.0 Å². The van der Waals surface area contributed by atoms with E-state index in [9.17, 15) is 9.59 Å². The van der Waals surface area contributed by atoms with Crippen molar-refractivity contribution in [3.63, 3.8) is 0 Å². The summed E-state index contributed by atoms with van der Waals surface area (Å²) in [7, 11) is 0. The Morgan fingerprint density at radius 1 is 1.10 bits per heavy atom. The van der Waals surface area contributed by atoms with Crippen molar-refractivity contribution in [1.29, 1.82) is 0 Å². The minimum Gasteiger partial charge on any atom is -0.483 e. The molecular formula is C16H24N2O3. The van der Waals surface area contributed by atoms with Crippen molar-refractivity contribution in [1.82, 2.24) is 10.9 Å². The highest BCUT2D eigenvalue weighted by molar-refractivity contribution is 5.83. The number of ether oxygens (including phenoxy) is 1. The molecule has 0 spiro atoms. The van der Waals surface area contributed by atoms with Gasteiger partial charge in [-0.3, -0.25) is 20.4 Å². The fourth-order valence-corrected chi connectivity index (χ4v) is 1.71. The van der Waals surface area contributed by atoms with Crippen LogP contribution in [0.4, 0.5) is 0 Å². The highest BCUT2D eigenvalue weighted by atomic mass is 16.5. The molecule has 0 aliphatic rings. The van der Waals surface area contributed by atoms with Gasteiger partial charge in [0.2, 0.25) is 5.91 Å². The number of hydrazine groups is 1. The molecule has 2 amide bonds. The Bertz CT molecular complexity index is 519. The Labute approximate surface area is 126 Å². The van der Waals surface area contributed by atoms with Crippen LogP contribution in [0.25, 0.3) is 0 Å². The van der Waals surface area contributed by atoms with Gasteiger partial charge >= 0.3 is 0 Å². The van der Waals surface area contributed by atoms with E-state index in [4.69, 9.17) is 4.74 Å². The van der Waals surface area contributed by atoms with Crippen LogP contribution in [0.5, 0.6) is 5.75 Å². The molecule has 5 nitrogen and oxygen atoms in total. The van der Waals surface area contributed by atoms with E-state index in [0.717, 1.165) is 11.1 Å². The molecule has 1 aromatic carbocycles. The predicted molar refractivity (Wildman–Crippen MR) is 81.8 cm³/mol. The normalized spacial score (nSPS) is 10.9. The van der Waals surface area contributed by atoms with Crippen LogP contribution in [0.3, 0.4) is 0 Å². The minimum atomic E-state index is -0.391. The van der Waals surface area contributed by atoms with E-state index in [2.05, 4.69) is 10.9 Å². The Morgan fingerprint density at radius 3 is 2.33 bits per heavy atom. The number of hydrogen-bond donors (Lipinski definition) is 2. The summed E-state index contributed by atoms with van der Waals surface area (Å²) in [5, 5.41) is 0. The predicted octanol–water partition coefficient (Wildman–Crippen LogP) is 2.27. The third kappa shape index (κ3) is 6.79. The molecule has 21 heavy (non-hydrogen) atoms. The van der Waals surface area contributed by atoms with E-state index < -0.39 is 5.91 Å². The molecular weight excluding hydrogens is 268 g/mol. The Kier molecular flexibility index (Phi) is 5.76. The molecule has 2 N–H and O–H groups in total. The number of nitrogens with one attached hydrogen (secondary N) is 2. The summed E-state index contributed by atoms with van der Waals surface area (Å²) in [6.45, 7) is 9.60. The van der Waals surface area contributed by atoms with Crippen molar-refractivity contribution in [3.8, 4) is 5.75 Å². The Morgan fingerprint density at radius 2 is 1.71 bits per heavy atom. The molecule has 0 aromatic heterocycles. The summed E-state index contributed by atoms with van der Waals surface area (Å²) in [4.78, 5) is 23.2. The SMILES string of the molecule is Cc1ccc(C)c(OCC(=O)NNC(=O)CC(C)(C)C)c1. The zero-order chi connectivity index (χ0) is 16.0. The van der Waals surface area contributed by atoms with Gasteiger partial charge in [-0.25, -0.2) is 0 Å². The lowest BCUT2D eigenvalue weighted by Crippen LogP contribution is -2.44. The minimum absolute atomic E-state index is 0.121. The van der Waals surface area contributed by atoms with Gasteiger partial charge in [0.1, 0.15) is 5.75 Å². The van der Waals surface area contributed by atoms with Gasteiger partial charge in [-0.05, 0) is 36.5 Å². The first kappa shape index (κ1) is 17.0.